The maximum absolute atomic E-state index is 12.0. The van der Waals surface area contributed by atoms with E-state index in [1.54, 1.807) is 0 Å². The summed E-state index contributed by atoms with van der Waals surface area (Å²) < 4.78 is 61.3. The van der Waals surface area contributed by atoms with Crippen molar-refractivity contribution in [3.05, 3.63) is 6.07 Å². The molecular formula is C6H5ClF3N3O3S. The summed E-state index contributed by atoms with van der Waals surface area (Å²) in [7, 11) is 0.409. The molecule has 0 atom stereocenters. The SMILES string of the molecule is Nc1cc(S(=O)(=O)Cl)c(OC(F)(F)F)nc1N. The molecule has 0 saturated heterocycles. The molecule has 0 unspecified atom stereocenters. The first-order valence-electron chi connectivity index (χ1n) is 3.77. The maximum Gasteiger partial charge on any atom is 0.574 e. The molecular weight excluding hydrogens is 287 g/mol. The second-order valence-electron chi connectivity index (χ2n) is 2.75. The molecule has 0 bridgehead atoms. The molecule has 0 saturated carbocycles. The van der Waals surface area contributed by atoms with Gasteiger partial charge in [-0.3, -0.25) is 0 Å². The van der Waals surface area contributed by atoms with Crippen molar-refractivity contribution < 1.29 is 26.3 Å². The highest BCUT2D eigenvalue weighted by molar-refractivity contribution is 8.13. The average molecular weight is 292 g/mol. The van der Waals surface area contributed by atoms with Gasteiger partial charge in [-0.2, -0.15) is 4.98 Å². The molecule has 0 aliphatic carbocycles. The zero-order valence-electron chi connectivity index (χ0n) is 7.82. The number of ether oxygens (including phenoxy) is 1. The Hall–Kier alpha value is -1.42. The summed E-state index contributed by atoms with van der Waals surface area (Å²) >= 11 is 0. The number of hydrogen-bond acceptors (Lipinski definition) is 6. The summed E-state index contributed by atoms with van der Waals surface area (Å²) in [5.41, 5.74) is 10.00. The first-order valence-corrected chi connectivity index (χ1v) is 6.08. The van der Waals surface area contributed by atoms with Crippen LogP contribution in [0.15, 0.2) is 11.0 Å². The molecule has 11 heteroatoms. The fourth-order valence-electron chi connectivity index (χ4n) is 0.863. The number of anilines is 2. The van der Waals surface area contributed by atoms with Gasteiger partial charge in [-0.25, -0.2) is 8.42 Å². The van der Waals surface area contributed by atoms with Crippen molar-refractivity contribution in [3.63, 3.8) is 0 Å². The monoisotopic (exact) mass is 291 g/mol. The van der Waals surface area contributed by atoms with Crippen molar-refractivity contribution in [2.24, 2.45) is 0 Å². The van der Waals surface area contributed by atoms with E-state index in [2.05, 4.69) is 9.72 Å². The van der Waals surface area contributed by atoms with E-state index in [-0.39, 0.29) is 5.69 Å². The van der Waals surface area contributed by atoms with Crippen LogP contribution in [0, 0.1) is 0 Å². The molecule has 17 heavy (non-hydrogen) atoms. The van der Waals surface area contributed by atoms with Crippen LogP contribution in [0.2, 0.25) is 0 Å². The van der Waals surface area contributed by atoms with E-state index in [9.17, 15) is 21.6 Å². The molecule has 0 aliphatic rings. The predicted molar refractivity (Wildman–Crippen MR) is 52.8 cm³/mol. The molecule has 1 heterocycles. The van der Waals surface area contributed by atoms with Crippen molar-refractivity contribution in [1.29, 1.82) is 0 Å². The van der Waals surface area contributed by atoms with Gasteiger partial charge in [0.25, 0.3) is 9.05 Å². The molecule has 6 nitrogen and oxygen atoms in total. The lowest BCUT2D eigenvalue weighted by atomic mass is 10.4. The zero-order chi connectivity index (χ0) is 13.4. The van der Waals surface area contributed by atoms with E-state index in [1.165, 1.54) is 0 Å². The Morgan fingerprint density at radius 2 is 1.88 bits per heavy atom. The van der Waals surface area contributed by atoms with Crippen LogP contribution in [0.1, 0.15) is 0 Å². The number of halogens is 4. The number of aromatic nitrogens is 1. The normalized spacial score (nSPS) is 12.5. The third-order valence-corrected chi connectivity index (χ3v) is 2.81. The van der Waals surface area contributed by atoms with Gasteiger partial charge in [-0.05, 0) is 6.07 Å². The van der Waals surface area contributed by atoms with Crippen molar-refractivity contribution in [3.8, 4) is 5.88 Å². The Kier molecular flexibility index (Phi) is 3.30. The number of hydrogen-bond donors (Lipinski definition) is 2. The summed E-state index contributed by atoms with van der Waals surface area (Å²) in [6.07, 6.45) is -5.13. The molecule has 0 amide bonds. The number of rotatable bonds is 2. The molecule has 1 rings (SSSR count). The van der Waals surface area contributed by atoms with Crippen LogP contribution in [0.25, 0.3) is 0 Å². The second-order valence-corrected chi connectivity index (χ2v) is 5.29. The van der Waals surface area contributed by atoms with E-state index in [4.69, 9.17) is 22.1 Å². The molecule has 0 aliphatic heterocycles. The predicted octanol–water partition coefficient (Wildman–Crippen LogP) is 1.07. The van der Waals surface area contributed by atoms with Crippen molar-refractivity contribution in [1.82, 2.24) is 4.98 Å². The van der Waals surface area contributed by atoms with Gasteiger partial charge in [0.05, 0.1) is 5.69 Å². The lowest BCUT2D eigenvalue weighted by Crippen LogP contribution is -2.20. The first-order chi connectivity index (χ1) is 7.50. The minimum absolute atomic E-state index is 0.334. The molecule has 0 fully saturated rings. The van der Waals surface area contributed by atoms with Crippen LogP contribution in [0.4, 0.5) is 24.7 Å². The molecule has 0 spiro atoms. The first kappa shape index (κ1) is 13.6. The highest BCUT2D eigenvalue weighted by Crippen LogP contribution is 2.33. The number of nitrogens with zero attached hydrogens (tertiary/aromatic N) is 1. The molecule has 0 radical (unpaired) electrons. The van der Waals surface area contributed by atoms with E-state index < -0.39 is 32.0 Å². The highest BCUT2D eigenvalue weighted by atomic mass is 35.7. The molecule has 96 valence electrons. The summed E-state index contributed by atoms with van der Waals surface area (Å²) in [5.74, 6) is -1.78. The molecule has 1 aromatic heterocycles. The van der Waals surface area contributed by atoms with Crippen LogP contribution >= 0.6 is 10.7 Å². The fraction of sp³-hybridized carbons (Fsp3) is 0.167. The van der Waals surface area contributed by atoms with Crippen LogP contribution < -0.4 is 16.2 Å². The van der Waals surface area contributed by atoms with E-state index in [0.29, 0.717) is 6.07 Å². The summed E-state index contributed by atoms with van der Waals surface area (Å²) in [5, 5.41) is 0. The van der Waals surface area contributed by atoms with Gasteiger partial charge in [-0.15, -0.1) is 13.2 Å². The van der Waals surface area contributed by atoms with Crippen LogP contribution in [0.3, 0.4) is 0 Å². The number of nitrogens with two attached hydrogens (primary N) is 2. The van der Waals surface area contributed by atoms with Gasteiger partial charge in [-0.1, -0.05) is 0 Å². The average Bonchev–Trinajstić information content (AvgIpc) is 2.06. The third kappa shape index (κ3) is 3.53. The Bertz CT molecular complexity index is 545. The Labute approximate surface area is 97.7 Å². The van der Waals surface area contributed by atoms with Gasteiger partial charge < -0.3 is 16.2 Å². The minimum atomic E-state index is -5.13. The smallest absolute Gasteiger partial charge is 0.396 e. The topological polar surface area (TPSA) is 108 Å². The standard InChI is InChI=1S/C6H5ClF3N3O3S/c7-17(14,15)3-1-2(11)4(12)13-5(3)16-6(8,9)10/h1H,11H2,(H2,12,13). The van der Waals surface area contributed by atoms with Gasteiger partial charge in [0, 0.05) is 10.7 Å². The van der Waals surface area contributed by atoms with E-state index >= 15 is 0 Å². The number of pyridine rings is 1. The second kappa shape index (κ2) is 4.11. The summed E-state index contributed by atoms with van der Waals surface area (Å²) in [6.45, 7) is 0. The Morgan fingerprint density at radius 1 is 1.35 bits per heavy atom. The lowest BCUT2D eigenvalue weighted by molar-refractivity contribution is -0.277. The quantitative estimate of drug-likeness (QED) is 0.789. The van der Waals surface area contributed by atoms with Crippen molar-refractivity contribution in [2.75, 3.05) is 11.5 Å². The van der Waals surface area contributed by atoms with Gasteiger partial charge in [0.15, 0.2) is 5.82 Å². The summed E-state index contributed by atoms with van der Waals surface area (Å²) in [4.78, 5) is 2.06. The Balaban J connectivity index is 3.42. The Morgan fingerprint density at radius 3 is 2.29 bits per heavy atom. The number of alkyl halides is 3. The maximum atomic E-state index is 12.0. The molecule has 4 N–H and O–H groups in total. The van der Waals surface area contributed by atoms with Crippen molar-refractivity contribution >= 4 is 31.2 Å². The largest absolute Gasteiger partial charge is 0.574 e. The van der Waals surface area contributed by atoms with Crippen LogP contribution in [-0.2, 0) is 9.05 Å². The third-order valence-electron chi connectivity index (χ3n) is 1.49. The van der Waals surface area contributed by atoms with Crippen LogP contribution in [0.5, 0.6) is 5.88 Å². The van der Waals surface area contributed by atoms with Gasteiger partial charge in [0.2, 0.25) is 5.88 Å². The van der Waals surface area contributed by atoms with E-state index in [0.717, 1.165) is 0 Å². The highest BCUT2D eigenvalue weighted by Gasteiger charge is 2.35. The van der Waals surface area contributed by atoms with Gasteiger partial charge in [0.1, 0.15) is 4.90 Å². The van der Waals surface area contributed by atoms with Gasteiger partial charge >= 0.3 is 6.36 Å². The zero-order valence-corrected chi connectivity index (χ0v) is 9.40. The molecule has 0 aromatic carbocycles. The van der Waals surface area contributed by atoms with Crippen molar-refractivity contribution in [2.45, 2.75) is 11.3 Å². The number of nitrogen functional groups attached to an aromatic ring is 2. The minimum Gasteiger partial charge on any atom is -0.396 e. The fourth-order valence-corrected chi connectivity index (χ4v) is 1.76. The lowest BCUT2D eigenvalue weighted by Gasteiger charge is -2.11. The van der Waals surface area contributed by atoms with E-state index in [1.807, 2.05) is 0 Å². The van der Waals surface area contributed by atoms with Crippen LogP contribution in [-0.4, -0.2) is 19.8 Å². The summed E-state index contributed by atoms with van der Waals surface area (Å²) in [6, 6.07) is 0.631. The molecule has 1 aromatic rings.